The van der Waals surface area contributed by atoms with Gasteiger partial charge < -0.3 is 9.32 Å². The Morgan fingerprint density at radius 3 is 2.54 bits per heavy atom. The standard InChI is InChI=1S/C20H20ClNO2/c1-13-4-9-18-16(12-24-20(18)14(13)2)10-19(23)22(3)11-15-5-7-17(21)8-6-15/h4-9,12H,10-11H2,1-3H3. The van der Waals surface area contributed by atoms with E-state index in [0.29, 0.717) is 18.0 Å². The van der Waals surface area contributed by atoms with Gasteiger partial charge in [0.05, 0.1) is 12.7 Å². The monoisotopic (exact) mass is 341 g/mol. The van der Waals surface area contributed by atoms with Crippen molar-refractivity contribution >= 4 is 28.5 Å². The third-order valence-corrected chi connectivity index (χ3v) is 4.69. The van der Waals surface area contributed by atoms with Gasteiger partial charge in [-0.05, 0) is 42.7 Å². The quantitative estimate of drug-likeness (QED) is 0.676. The van der Waals surface area contributed by atoms with Crippen molar-refractivity contribution in [1.29, 1.82) is 0 Å². The van der Waals surface area contributed by atoms with E-state index < -0.39 is 0 Å². The molecule has 0 aliphatic rings. The Bertz CT molecular complexity index is 881. The molecule has 0 N–H and O–H groups in total. The van der Waals surface area contributed by atoms with Crippen LogP contribution in [0.3, 0.4) is 0 Å². The molecule has 1 aromatic heterocycles. The number of amides is 1. The number of carbonyl (C=O) groups is 1. The maximum Gasteiger partial charge on any atom is 0.227 e. The predicted molar refractivity (Wildman–Crippen MR) is 97.3 cm³/mol. The first-order chi connectivity index (χ1) is 11.5. The number of hydrogen-bond donors (Lipinski definition) is 0. The molecule has 1 amide bonds. The van der Waals surface area contributed by atoms with Gasteiger partial charge in [0.15, 0.2) is 0 Å². The number of nitrogens with zero attached hydrogens (tertiary/aromatic N) is 1. The molecule has 0 bridgehead atoms. The van der Waals surface area contributed by atoms with Gasteiger partial charge in [-0.1, -0.05) is 35.9 Å². The van der Waals surface area contributed by atoms with Gasteiger partial charge in [0.1, 0.15) is 5.58 Å². The van der Waals surface area contributed by atoms with Crippen molar-refractivity contribution in [2.24, 2.45) is 0 Å². The first-order valence-electron chi connectivity index (χ1n) is 7.90. The van der Waals surface area contributed by atoms with Crippen LogP contribution < -0.4 is 0 Å². The highest BCUT2D eigenvalue weighted by molar-refractivity contribution is 6.30. The van der Waals surface area contributed by atoms with Gasteiger partial charge in [-0.3, -0.25) is 4.79 Å². The average molecular weight is 342 g/mol. The van der Waals surface area contributed by atoms with Crippen molar-refractivity contribution in [3.8, 4) is 0 Å². The molecule has 0 aliphatic heterocycles. The fourth-order valence-electron chi connectivity index (χ4n) is 2.78. The molecule has 0 saturated heterocycles. The van der Waals surface area contributed by atoms with Gasteiger partial charge >= 0.3 is 0 Å². The highest BCUT2D eigenvalue weighted by Crippen LogP contribution is 2.27. The maximum absolute atomic E-state index is 12.5. The van der Waals surface area contributed by atoms with Crippen LogP contribution >= 0.6 is 11.6 Å². The number of carbonyl (C=O) groups excluding carboxylic acids is 1. The number of benzene rings is 2. The minimum atomic E-state index is 0.0610. The van der Waals surface area contributed by atoms with Gasteiger partial charge in [0.2, 0.25) is 5.91 Å². The van der Waals surface area contributed by atoms with E-state index in [1.165, 1.54) is 5.56 Å². The van der Waals surface area contributed by atoms with E-state index in [-0.39, 0.29) is 5.91 Å². The Kier molecular flexibility index (Phi) is 4.63. The number of fused-ring (bicyclic) bond motifs is 1. The summed E-state index contributed by atoms with van der Waals surface area (Å²) >= 11 is 5.89. The molecule has 0 radical (unpaired) electrons. The first-order valence-corrected chi connectivity index (χ1v) is 8.28. The molecule has 0 atom stereocenters. The van der Waals surface area contributed by atoms with Crippen molar-refractivity contribution in [3.63, 3.8) is 0 Å². The van der Waals surface area contributed by atoms with Crippen molar-refractivity contribution in [1.82, 2.24) is 4.90 Å². The van der Waals surface area contributed by atoms with Gasteiger partial charge in [-0.25, -0.2) is 0 Å². The zero-order valence-electron chi connectivity index (χ0n) is 14.1. The molecular formula is C20H20ClNO2. The Hall–Kier alpha value is -2.26. The molecule has 0 saturated carbocycles. The van der Waals surface area contributed by atoms with E-state index in [1.54, 1.807) is 11.2 Å². The molecule has 0 unspecified atom stereocenters. The summed E-state index contributed by atoms with van der Waals surface area (Å²) in [7, 11) is 1.81. The predicted octanol–water partition coefficient (Wildman–Crippen LogP) is 4.90. The minimum absolute atomic E-state index is 0.0610. The molecule has 3 rings (SSSR count). The van der Waals surface area contributed by atoms with Crippen molar-refractivity contribution < 1.29 is 9.21 Å². The molecule has 0 spiro atoms. The molecule has 0 fully saturated rings. The van der Waals surface area contributed by atoms with Crippen LogP contribution in [0, 0.1) is 13.8 Å². The molecule has 24 heavy (non-hydrogen) atoms. The maximum atomic E-state index is 12.5. The molecule has 3 aromatic rings. The summed E-state index contributed by atoms with van der Waals surface area (Å²) in [5.41, 5.74) is 5.17. The van der Waals surface area contributed by atoms with Crippen LogP contribution in [0.1, 0.15) is 22.3 Å². The number of furan rings is 1. The third-order valence-electron chi connectivity index (χ3n) is 4.44. The molecule has 2 aromatic carbocycles. The van der Waals surface area contributed by atoms with Crippen LogP contribution in [0.4, 0.5) is 0 Å². The smallest absolute Gasteiger partial charge is 0.227 e. The number of rotatable bonds is 4. The van der Waals surface area contributed by atoms with Crippen molar-refractivity contribution in [2.75, 3.05) is 7.05 Å². The Morgan fingerprint density at radius 2 is 1.83 bits per heavy atom. The summed E-state index contributed by atoms with van der Waals surface area (Å²) in [6.07, 6.45) is 2.03. The summed E-state index contributed by atoms with van der Waals surface area (Å²) < 4.78 is 5.69. The number of likely N-dealkylation sites (N-methyl/N-ethyl adjacent to an activating group) is 1. The normalized spacial score (nSPS) is 11.0. The summed E-state index contributed by atoms with van der Waals surface area (Å²) in [5, 5.41) is 1.72. The lowest BCUT2D eigenvalue weighted by atomic mass is 10.0. The SMILES string of the molecule is Cc1ccc2c(CC(=O)N(C)Cc3ccc(Cl)cc3)coc2c1C. The minimum Gasteiger partial charge on any atom is -0.464 e. The third kappa shape index (κ3) is 3.31. The summed E-state index contributed by atoms with van der Waals surface area (Å²) in [4.78, 5) is 14.3. The van der Waals surface area contributed by atoms with Crippen LogP contribution in [0.2, 0.25) is 5.02 Å². The highest BCUT2D eigenvalue weighted by atomic mass is 35.5. The topological polar surface area (TPSA) is 33.5 Å². The van der Waals surface area contributed by atoms with E-state index in [0.717, 1.165) is 27.7 Å². The fourth-order valence-corrected chi connectivity index (χ4v) is 2.90. The second-order valence-corrected chi connectivity index (χ2v) is 6.63. The van der Waals surface area contributed by atoms with Crippen LogP contribution in [-0.4, -0.2) is 17.9 Å². The van der Waals surface area contributed by atoms with Crippen molar-refractivity contribution in [2.45, 2.75) is 26.8 Å². The lowest BCUT2D eigenvalue weighted by Crippen LogP contribution is -2.27. The number of halogens is 1. The summed E-state index contributed by atoms with van der Waals surface area (Å²) in [6.45, 7) is 4.66. The van der Waals surface area contributed by atoms with Gasteiger partial charge in [0, 0.05) is 29.6 Å². The fraction of sp³-hybridized carbons (Fsp3) is 0.250. The van der Waals surface area contributed by atoms with Gasteiger partial charge in [-0.15, -0.1) is 0 Å². The second-order valence-electron chi connectivity index (χ2n) is 6.20. The van der Waals surface area contributed by atoms with Crippen LogP contribution in [0.15, 0.2) is 47.1 Å². The summed E-state index contributed by atoms with van der Waals surface area (Å²) in [6, 6.07) is 11.6. The van der Waals surface area contributed by atoms with Gasteiger partial charge in [-0.2, -0.15) is 0 Å². The largest absolute Gasteiger partial charge is 0.464 e. The van der Waals surface area contributed by atoms with Crippen molar-refractivity contribution in [3.05, 3.63) is 69.9 Å². The zero-order valence-corrected chi connectivity index (χ0v) is 14.9. The zero-order chi connectivity index (χ0) is 17.3. The Labute approximate surface area is 146 Å². The van der Waals surface area contributed by atoms with E-state index in [1.807, 2.05) is 44.3 Å². The number of aryl methyl sites for hydroxylation is 2. The first kappa shape index (κ1) is 16.6. The lowest BCUT2D eigenvalue weighted by Gasteiger charge is -2.17. The molecule has 124 valence electrons. The molecular weight excluding hydrogens is 322 g/mol. The molecule has 1 heterocycles. The van der Waals surface area contributed by atoms with E-state index in [2.05, 4.69) is 13.0 Å². The van der Waals surface area contributed by atoms with E-state index in [9.17, 15) is 4.79 Å². The molecule has 3 nitrogen and oxygen atoms in total. The molecule has 0 aliphatic carbocycles. The van der Waals surface area contributed by atoms with Crippen LogP contribution in [0.25, 0.3) is 11.0 Å². The Morgan fingerprint density at radius 1 is 1.12 bits per heavy atom. The average Bonchev–Trinajstić information content (AvgIpc) is 2.96. The number of hydrogen-bond acceptors (Lipinski definition) is 2. The Balaban J connectivity index is 1.74. The van der Waals surface area contributed by atoms with E-state index >= 15 is 0 Å². The van der Waals surface area contributed by atoms with Gasteiger partial charge in [0.25, 0.3) is 0 Å². The van der Waals surface area contributed by atoms with Crippen LogP contribution in [0.5, 0.6) is 0 Å². The highest BCUT2D eigenvalue weighted by Gasteiger charge is 2.15. The summed E-state index contributed by atoms with van der Waals surface area (Å²) in [5.74, 6) is 0.0610. The lowest BCUT2D eigenvalue weighted by molar-refractivity contribution is -0.129. The van der Waals surface area contributed by atoms with Crippen LogP contribution in [-0.2, 0) is 17.8 Å². The molecule has 4 heteroatoms. The van der Waals surface area contributed by atoms with E-state index in [4.69, 9.17) is 16.0 Å². The second kappa shape index (κ2) is 6.70.